The summed E-state index contributed by atoms with van der Waals surface area (Å²) in [6.07, 6.45) is -0.778. The Morgan fingerprint density at radius 2 is 1.28 bits per heavy atom. The lowest BCUT2D eigenvalue weighted by molar-refractivity contribution is -0.132. The lowest BCUT2D eigenvalue weighted by Crippen LogP contribution is -2.60. The number of carbonyl (C=O) groups excluding carboxylic acids is 6. The van der Waals surface area contributed by atoms with Gasteiger partial charge in [0.15, 0.2) is 5.69 Å². The number of hydrogen-bond acceptors (Lipinski definition) is 19. The molecule has 10 N–H and O–H groups in total. The minimum absolute atomic E-state index is 0.00294. The Bertz CT molecular complexity index is 3500. The number of hydrazine groups is 1. The molecule has 0 aliphatic heterocycles. The van der Waals surface area contributed by atoms with Crippen molar-refractivity contribution in [3.8, 4) is 17.0 Å². The van der Waals surface area contributed by atoms with Gasteiger partial charge in [-0.3, -0.25) is 48.1 Å². The summed E-state index contributed by atoms with van der Waals surface area (Å²) >= 11 is 0. The van der Waals surface area contributed by atoms with E-state index in [4.69, 9.17) is 31.4 Å². The number of nitrogens with one attached hydrogen (secondary N) is 6. The average molecular weight is 1250 g/mol. The molecule has 0 saturated carbocycles. The van der Waals surface area contributed by atoms with Gasteiger partial charge in [0.05, 0.1) is 37.6 Å². The van der Waals surface area contributed by atoms with Crippen LogP contribution in [0.25, 0.3) is 11.3 Å². The maximum absolute atomic E-state index is 13.8. The molecular weight excluding hydrogens is 1170 g/mol. The van der Waals surface area contributed by atoms with Crippen molar-refractivity contribution in [2.24, 2.45) is 17.9 Å². The predicted molar refractivity (Wildman–Crippen MR) is 316 cm³/mol. The Hall–Kier alpha value is -9.23. The van der Waals surface area contributed by atoms with Crippen LogP contribution in [0.15, 0.2) is 112 Å². The summed E-state index contributed by atoms with van der Waals surface area (Å²) < 4.78 is 60.3. The molecule has 6 rings (SSSR count). The van der Waals surface area contributed by atoms with Gasteiger partial charge in [-0.2, -0.15) is 8.42 Å². The summed E-state index contributed by atoms with van der Waals surface area (Å²) in [7, 11) is -0.888. The quantitative estimate of drug-likeness (QED) is 0.0372. The lowest BCUT2D eigenvalue weighted by atomic mass is 9.85. The van der Waals surface area contributed by atoms with Crippen LogP contribution in [-0.2, 0) is 61.6 Å². The highest BCUT2D eigenvalue weighted by molar-refractivity contribution is 7.79. The van der Waals surface area contributed by atoms with Gasteiger partial charge in [-0.05, 0) is 72.1 Å². The van der Waals surface area contributed by atoms with Crippen molar-refractivity contribution in [3.63, 3.8) is 0 Å². The molecule has 0 fully saturated rings. The number of aromatic hydroxyl groups is 1. The van der Waals surface area contributed by atoms with Gasteiger partial charge in [0.2, 0.25) is 17.5 Å². The van der Waals surface area contributed by atoms with Crippen molar-refractivity contribution < 1.29 is 74.8 Å². The summed E-state index contributed by atoms with van der Waals surface area (Å²) in [5.41, 5.74) is 2.82. The molecular formula is C58H75FN12O16S. The van der Waals surface area contributed by atoms with Crippen LogP contribution < -0.4 is 37.6 Å². The molecule has 0 saturated heterocycles. The molecule has 0 spiro atoms. The van der Waals surface area contributed by atoms with Crippen LogP contribution >= 0.6 is 0 Å². The number of aliphatic hydroxyl groups excluding tert-OH is 1. The smallest absolute Gasteiger partial charge is 0.407 e. The fraction of sp³-hybridized carbons (Fsp3) is 0.397. The third kappa shape index (κ3) is 22.6. The molecule has 0 aliphatic rings. The van der Waals surface area contributed by atoms with Gasteiger partial charge in [-0.25, -0.2) is 24.0 Å². The first-order valence-corrected chi connectivity index (χ1v) is 28.3. The summed E-state index contributed by atoms with van der Waals surface area (Å²) in [6.45, 7) is 15.5. The van der Waals surface area contributed by atoms with E-state index in [1.54, 1.807) is 45.8 Å². The maximum atomic E-state index is 13.8. The minimum Gasteiger partial charge on any atom is -0.501 e. The van der Waals surface area contributed by atoms with E-state index in [1.165, 1.54) is 52.5 Å². The fourth-order valence-corrected chi connectivity index (χ4v) is 8.34. The highest BCUT2D eigenvalue weighted by Crippen LogP contribution is 2.24. The minimum atomic E-state index is -4.67. The first-order chi connectivity index (χ1) is 41.0. The zero-order valence-corrected chi connectivity index (χ0v) is 51.4. The van der Waals surface area contributed by atoms with Gasteiger partial charge in [-0.1, -0.05) is 114 Å². The second kappa shape index (κ2) is 31.4. The topological polar surface area (TPSA) is 398 Å². The van der Waals surface area contributed by atoms with Gasteiger partial charge in [-0.15, -0.1) is 10.2 Å². The van der Waals surface area contributed by atoms with E-state index in [2.05, 4.69) is 52.2 Å². The van der Waals surface area contributed by atoms with E-state index in [1.807, 2.05) is 93.6 Å². The highest BCUT2D eigenvalue weighted by atomic mass is 32.3. The standard InChI is InChI=1S/C38H52N6O7.C20H21FN6O5.H2O4S/c1-37(2,3)31(41-35(48)50-7)33(46)40-29(22-25-14-10-9-11-15-25)30(45)24-44(43-34(47)32(38(4,5)6)42-36(49)51-8)23-26-17-19-27(20-18-26)28-16-12-13-21-39-28;1-10-25-26-17(32-10)16(30)24-20(2,3)19-23-13(14(28)18(31)27(19)4)15(29)22-9-11-5-7-12(21)8-6-11;1-5(2,3)4/h9-21,29-32,45H,22-24H2,1-8H3,(H,40,46)(H,41,48)(H,42,49)(H,43,47);5-8,28H,9H2,1-4H3,(H,22,29)(H,24,30);(H2,1,2,3,4)/t29-,30-,31+,32+;;/m0../s1. The first kappa shape index (κ1) is 71.3. The summed E-state index contributed by atoms with van der Waals surface area (Å²) in [4.78, 5) is 98.1. The molecule has 0 unspecified atom stereocenters. The van der Waals surface area contributed by atoms with E-state index < -0.39 is 110 Å². The molecule has 6 aromatic rings. The number of nitrogens with zero attached hydrogens (tertiary/aromatic N) is 6. The lowest BCUT2D eigenvalue weighted by Gasteiger charge is -2.35. The number of amides is 6. The Morgan fingerprint density at radius 1 is 0.739 bits per heavy atom. The molecule has 3 heterocycles. The Balaban J connectivity index is 0.000000380. The summed E-state index contributed by atoms with van der Waals surface area (Å²) in [6, 6.07) is 25.3. The summed E-state index contributed by atoms with van der Waals surface area (Å²) in [5.74, 6) is -3.91. The van der Waals surface area contributed by atoms with E-state index in [0.29, 0.717) is 5.56 Å². The molecule has 0 radical (unpaired) electrons. The van der Waals surface area contributed by atoms with E-state index in [-0.39, 0.29) is 43.7 Å². The molecule has 6 amide bonds. The van der Waals surface area contributed by atoms with Gasteiger partial charge >= 0.3 is 34.4 Å². The average Bonchev–Trinajstić information content (AvgIpc) is 2.39. The van der Waals surface area contributed by atoms with Crippen LogP contribution in [0, 0.1) is 23.6 Å². The van der Waals surface area contributed by atoms with Crippen LogP contribution in [0.5, 0.6) is 5.75 Å². The zero-order chi connectivity index (χ0) is 65.9. The predicted octanol–water partition coefficient (Wildman–Crippen LogP) is 4.47. The second-order valence-electron chi connectivity index (χ2n) is 22.5. The number of methoxy groups -OCH3 is 2. The molecule has 3 aromatic carbocycles. The molecule has 0 aliphatic carbocycles. The number of alkyl carbamates (subject to hydrolysis) is 2. The molecule has 28 nitrogen and oxygen atoms in total. The van der Waals surface area contributed by atoms with Gasteiger partial charge in [0.25, 0.3) is 17.4 Å². The van der Waals surface area contributed by atoms with E-state index in [0.717, 1.165) is 27.0 Å². The van der Waals surface area contributed by atoms with Crippen molar-refractivity contribution in [2.75, 3.05) is 20.8 Å². The third-order valence-electron chi connectivity index (χ3n) is 12.8. The van der Waals surface area contributed by atoms with Crippen LogP contribution in [0.3, 0.4) is 0 Å². The Morgan fingerprint density at radius 3 is 1.80 bits per heavy atom. The van der Waals surface area contributed by atoms with Crippen molar-refractivity contribution >= 4 is 46.2 Å². The Kier molecular flexibility index (Phi) is 25.4. The zero-order valence-electron chi connectivity index (χ0n) is 50.6. The fourth-order valence-electron chi connectivity index (χ4n) is 8.34. The molecule has 0 bridgehead atoms. The molecule has 3 aromatic heterocycles. The number of rotatable bonds is 20. The number of aryl methyl sites for hydroxylation is 1. The Labute approximate surface area is 507 Å². The van der Waals surface area contributed by atoms with Crippen molar-refractivity contribution in [1.29, 1.82) is 0 Å². The van der Waals surface area contributed by atoms with Crippen LogP contribution in [0.1, 0.15) is 105 Å². The van der Waals surface area contributed by atoms with Gasteiger partial charge in [0, 0.05) is 45.4 Å². The highest BCUT2D eigenvalue weighted by Gasteiger charge is 2.38. The van der Waals surface area contributed by atoms with Crippen molar-refractivity contribution in [1.82, 2.24) is 61.8 Å². The summed E-state index contributed by atoms with van der Waals surface area (Å²) in [5, 5.41) is 44.1. The third-order valence-corrected chi connectivity index (χ3v) is 12.8. The van der Waals surface area contributed by atoms with Crippen LogP contribution in [-0.4, -0.2) is 138 Å². The maximum Gasteiger partial charge on any atom is 0.407 e. The van der Waals surface area contributed by atoms with Crippen molar-refractivity contribution in [3.05, 3.63) is 159 Å². The SMILES string of the molecule is COC(=O)N[C@H](C(=O)N[C@@H](Cc1ccccc1)[C@@H](O)CN(Cc1ccc(-c2ccccn2)cc1)NC(=O)[C@@H](NC(=O)OC)C(C)(C)C)C(C)(C)C.Cc1nnc(C(=O)NC(C)(C)c2nc(C(=O)NCc3ccc(F)cc3)c(O)c(=O)n2C)o1.O=S(=O)(O)O. The van der Waals surface area contributed by atoms with Gasteiger partial charge < -0.3 is 50.7 Å². The second-order valence-corrected chi connectivity index (χ2v) is 23.4. The van der Waals surface area contributed by atoms with Crippen LogP contribution in [0.2, 0.25) is 0 Å². The number of aromatic nitrogens is 5. The largest absolute Gasteiger partial charge is 0.501 e. The molecule has 4 atom stereocenters. The normalized spacial score (nSPS) is 12.9. The number of halogens is 1. The number of benzene rings is 3. The number of ether oxygens (including phenoxy) is 2. The van der Waals surface area contributed by atoms with E-state index in [9.17, 15) is 48.2 Å². The number of hydrogen-bond donors (Lipinski definition) is 10. The van der Waals surface area contributed by atoms with Crippen molar-refractivity contribution in [2.45, 2.75) is 112 Å². The number of carbonyl (C=O) groups is 6. The van der Waals surface area contributed by atoms with Gasteiger partial charge in [0.1, 0.15) is 23.7 Å². The molecule has 88 heavy (non-hydrogen) atoms. The molecule has 476 valence electrons. The first-order valence-electron chi connectivity index (χ1n) is 26.9. The number of aliphatic hydroxyl groups is 1. The van der Waals surface area contributed by atoms with Crippen LogP contribution in [0.4, 0.5) is 14.0 Å². The monoisotopic (exact) mass is 1250 g/mol. The number of pyridine rings is 1. The molecule has 30 heteroatoms. The van der Waals surface area contributed by atoms with E-state index >= 15 is 0 Å².